The minimum absolute atomic E-state index is 0.408. The Balaban J connectivity index is 1.84. The number of aromatic nitrogens is 3. The lowest BCUT2D eigenvalue weighted by molar-refractivity contribution is 0.0547. The zero-order valence-corrected chi connectivity index (χ0v) is 21.2. The summed E-state index contributed by atoms with van der Waals surface area (Å²) in [5.74, 6) is 1.40. The summed E-state index contributed by atoms with van der Waals surface area (Å²) in [6, 6.07) is 13.9. The third kappa shape index (κ3) is 5.19. The largest absolute Gasteiger partial charge is 0.443 e. The number of benzene rings is 2. The lowest BCUT2D eigenvalue weighted by Gasteiger charge is -2.21. The molecule has 0 spiro atoms. The van der Waals surface area contributed by atoms with Crippen LogP contribution in [0.2, 0.25) is 0 Å². The third-order valence-corrected chi connectivity index (χ3v) is 5.78. The van der Waals surface area contributed by atoms with Crippen molar-refractivity contribution in [2.75, 3.05) is 11.9 Å². The molecule has 4 rings (SSSR count). The number of rotatable bonds is 5. The van der Waals surface area contributed by atoms with Crippen LogP contribution in [-0.2, 0) is 4.74 Å². The molecule has 33 heavy (non-hydrogen) atoms. The molecule has 7 heteroatoms. The number of anilines is 1. The second-order valence-corrected chi connectivity index (χ2v) is 10.5. The molecule has 6 nitrogen and oxygen atoms in total. The van der Waals surface area contributed by atoms with Crippen molar-refractivity contribution in [3.05, 3.63) is 53.3 Å². The molecule has 0 unspecified atom stereocenters. The molecule has 0 fully saturated rings. The number of ether oxygens (including phenoxy) is 1. The van der Waals surface area contributed by atoms with Crippen LogP contribution >= 0.6 is 15.9 Å². The SMILES string of the molecule is CC(C)CCNc1ncnc2ccc(-c3cc4cc(Br)ccc4n3C(=O)OC(C)(C)C)cc12. The summed E-state index contributed by atoms with van der Waals surface area (Å²) in [6.07, 6.45) is 2.22. The van der Waals surface area contributed by atoms with Crippen molar-refractivity contribution in [3.8, 4) is 11.3 Å². The van der Waals surface area contributed by atoms with Crippen molar-refractivity contribution in [2.24, 2.45) is 5.92 Å². The minimum atomic E-state index is -0.606. The molecule has 2 aromatic heterocycles. The van der Waals surface area contributed by atoms with Crippen LogP contribution in [0.3, 0.4) is 0 Å². The van der Waals surface area contributed by atoms with E-state index in [1.807, 2.05) is 63.2 Å². The van der Waals surface area contributed by atoms with Gasteiger partial charge in [0.2, 0.25) is 0 Å². The summed E-state index contributed by atoms with van der Waals surface area (Å²) in [7, 11) is 0. The summed E-state index contributed by atoms with van der Waals surface area (Å²) in [4.78, 5) is 22.1. The van der Waals surface area contributed by atoms with E-state index in [2.05, 4.69) is 45.1 Å². The van der Waals surface area contributed by atoms with Crippen LogP contribution in [0.15, 0.2) is 53.3 Å². The molecule has 0 amide bonds. The first-order valence-electron chi connectivity index (χ1n) is 11.2. The highest BCUT2D eigenvalue weighted by molar-refractivity contribution is 9.10. The monoisotopic (exact) mass is 508 g/mol. The van der Waals surface area contributed by atoms with Gasteiger partial charge >= 0.3 is 6.09 Å². The summed E-state index contributed by atoms with van der Waals surface area (Å²) in [5.41, 5.74) is 2.69. The molecule has 172 valence electrons. The number of hydrogen-bond donors (Lipinski definition) is 1. The number of nitrogens with one attached hydrogen (secondary N) is 1. The first-order valence-corrected chi connectivity index (χ1v) is 11.9. The van der Waals surface area contributed by atoms with E-state index in [-0.39, 0.29) is 0 Å². The van der Waals surface area contributed by atoms with Crippen LogP contribution in [0, 0.1) is 5.92 Å². The molecule has 2 aromatic carbocycles. The van der Waals surface area contributed by atoms with Gasteiger partial charge in [-0.05, 0) is 75.1 Å². The lowest BCUT2D eigenvalue weighted by atomic mass is 10.1. The molecule has 1 N–H and O–H groups in total. The van der Waals surface area contributed by atoms with Gasteiger partial charge in [-0.1, -0.05) is 35.8 Å². The van der Waals surface area contributed by atoms with Crippen molar-refractivity contribution in [3.63, 3.8) is 0 Å². The van der Waals surface area contributed by atoms with E-state index in [9.17, 15) is 4.79 Å². The second kappa shape index (κ2) is 9.14. The van der Waals surface area contributed by atoms with Crippen molar-refractivity contribution in [1.82, 2.24) is 14.5 Å². The Morgan fingerprint density at radius 3 is 2.64 bits per heavy atom. The van der Waals surface area contributed by atoms with Gasteiger partial charge in [-0.2, -0.15) is 0 Å². The Labute approximate surface area is 202 Å². The molecule has 0 radical (unpaired) electrons. The first-order chi connectivity index (χ1) is 15.6. The molecule has 0 bridgehead atoms. The van der Waals surface area contributed by atoms with Gasteiger partial charge < -0.3 is 10.1 Å². The summed E-state index contributed by atoms with van der Waals surface area (Å²) >= 11 is 3.53. The Morgan fingerprint density at radius 2 is 1.91 bits per heavy atom. The van der Waals surface area contributed by atoms with E-state index >= 15 is 0 Å². The molecule has 0 atom stereocenters. The maximum absolute atomic E-state index is 13.2. The zero-order valence-electron chi connectivity index (χ0n) is 19.6. The highest BCUT2D eigenvalue weighted by atomic mass is 79.9. The highest BCUT2D eigenvalue weighted by Crippen LogP contribution is 2.33. The van der Waals surface area contributed by atoms with Gasteiger partial charge in [0.15, 0.2) is 0 Å². The molecule has 0 saturated heterocycles. The van der Waals surface area contributed by atoms with Crippen LogP contribution in [0.25, 0.3) is 33.1 Å². The number of hydrogen-bond acceptors (Lipinski definition) is 5. The summed E-state index contributed by atoms with van der Waals surface area (Å²) in [6.45, 7) is 10.8. The highest BCUT2D eigenvalue weighted by Gasteiger charge is 2.23. The number of carbonyl (C=O) groups excluding carboxylic acids is 1. The molecular formula is C26H29BrN4O2. The molecule has 4 aromatic rings. The van der Waals surface area contributed by atoms with Crippen LogP contribution in [0.4, 0.5) is 10.6 Å². The second-order valence-electron chi connectivity index (χ2n) is 9.61. The molecule has 0 aliphatic rings. The average molecular weight is 509 g/mol. The summed E-state index contributed by atoms with van der Waals surface area (Å²) < 4.78 is 8.34. The Hall–Kier alpha value is -2.93. The van der Waals surface area contributed by atoms with E-state index in [0.717, 1.165) is 56.3 Å². The van der Waals surface area contributed by atoms with Crippen LogP contribution in [0.1, 0.15) is 41.0 Å². The minimum Gasteiger partial charge on any atom is -0.443 e. The molecular weight excluding hydrogens is 480 g/mol. The predicted molar refractivity (Wildman–Crippen MR) is 138 cm³/mol. The quantitative estimate of drug-likeness (QED) is 0.307. The number of carbonyl (C=O) groups is 1. The van der Waals surface area contributed by atoms with E-state index in [4.69, 9.17) is 4.74 Å². The Morgan fingerprint density at radius 1 is 1.12 bits per heavy atom. The lowest BCUT2D eigenvalue weighted by Crippen LogP contribution is -2.27. The van der Waals surface area contributed by atoms with Gasteiger partial charge in [-0.25, -0.2) is 19.3 Å². The maximum atomic E-state index is 13.2. The Bertz CT molecular complexity index is 1320. The standard InChI is InChI=1S/C26H29BrN4O2/c1-16(2)10-11-28-24-20-13-17(6-8-21(20)29-15-30-24)23-14-18-12-19(27)7-9-22(18)31(23)25(32)33-26(3,4)5/h6-9,12-16H,10-11H2,1-5H3,(H,28,29,30). The van der Waals surface area contributed by atoms with Crippen molar-refractivity contribution in [1.29, 1.82) is 0 Å². The predicted octanol–water partition coefficient (Wildman–Crippen LogP) is 7.26. The molecule has 2 heterocycles. The van der Waals surface area contributed by atoms with Crippen LogP contribution < -0.4 is 5.32 Å². The molecule has 0 saturated carbocycles. The van der Waals surface area contributed by atoms with E-state index in [0.29, 0.717) is 5.92 Å². The van der Waals surface area contributed by atoms with Gasteiger partial charge in [0.1, 0.15) is 17.7 Å². The normalized spacial score (nSPS) is 12.0. The molecule has 0 aliphatic heterocycles. The Kier molecular flexibility index (Phi) is 6.43. The number of halogens is 1. The van der Waals surface area contributed by atoms with Crippen LogP contribution in [0.5, 0.6) is 0 Å². The fraction of sp³-hybridized carbons (Fsp3) is 0.346. The summed E-state index contributed by atoms with van der Waals surface area (Å²) in [5, 5.41) is 5.31. The zero-order chi connectivity index (χ0) is 23.8. The van der Waals surface area contributed by atoms with E-state index in [1.165, 1.54) is 0 Å². The van der Waals surface area contributed by atoms with Crippen molar-refractivity contribution >= 4 is 49.6 Å². The van der Waals surface area contributed by atoms with Gasteiger partial charge in [0.25, 0.3) is 0 Å². The topological polar surface area (TPSA) is 69.0 Å². The maximum Gasteiger partial charge on any atom is 0.419 e. The van der Waals surface area contributed by atoms with E-state index < -0.39 is 11.7 Å². The van der Waals surface area contributed by atoms with Crippen molar-refractivity contribution in [2.45, 2.75) is 46.6 Å². The van der Waals surface area contributed by atoms with E-state index in [1.54, 1.807) is 10.9 Å². The number of fused-ring (bicyclic) bond motifs is 2. The fourth-order valence-corrected chi connectivity index (χ4v) is 4.12. The third-order valence-electron chi connectivity index (χ3n) is 5.28. The number of nitrogens with zero attached hydrogens (tertiary/aromatic N) is 3. The van der Waals surface area contributed by atoms with Crippen molar-refractivity contribution < 1.29 is 9.53 Å². The van der Waals surface area contributed by atoms with Gasteiger partial charge in [-0.15, -0.1) is 0 Å². The smallest absolute Gasteiger partial charge is 0.419 e. The fourth-order valence-electron chi connectivity index (χ4n) is 3.74. The van der Waals surface area contributed by atoms with Gasteiger partial charge in [0, 0.05) is 21.8 Å². The van der Waals surface area contributed by atoms with Gasteiger partial charge in [0.05, 0.1) is 16.7 Å². The molecule has 0 aliphatic carbocycles. The van der Waals surface area contributed by atoms with Crippen LogP contribution in [-0.4, -0.2) is 32.8 Å². The first kappa shape index (κ1) is 23.2. The van der Waals surface area contributed by atoms with Gasteiger partial charge in [-0.3, -0.25) is 0 Å². The average Bonchev–Trinajstić information content (AvgIpc) is 3.11.